The maximum absolute atomic E-state index is 13.4. The van der Waals surface area contributed by atoms with Gasteiger partial charge in [0.15, 0.2) is 11.5 Å². The average molecular weight is 1840 g/mol. The third-order valence-corrected chi connectivity index (χ3v) is 20.4. The van der Waals surface area contributed by atoms with Crippen molar-refractivity contribution in [2.24, 2.45) is 0 Å². The number of hydrogen-bond donors (Lipinski definition) is 9. The summed E-state index contributed by atoms with van der Waals surface area (Å²) in [5.74, 6) is -1.68. The fourth-order valence-corrected chi connectivity index (χ4v) is 12.8. The van der Waals surface area contributed by atoms with Gasteiger partial charge in [-0.05, 0) is 220 Å². The average Bonchev–Trinajstić information content (AvgIpc) is 0.871. The third kappa shape index (κ3) is 37.1. The van der Waals surface area contributed by atoms with Crippen LogP contribution in [0.15, 0.2) is 364 Å². The number of phenols is 5. The van der Waals surface area contributed by atoms with E-state index in [0.29, 0.717) is 22.3 Å². The number of aromatic hydroxyl groups is 5. The third-order valence-electron chi connectivity index (χ3n) is 20.1. The van der Waals surface area contributed by atoms with E-state index in [0.717, 1.165) is 99.6 Å². The van der Waals surface area contributed by atoms with Gasteiger partial charge in [0.1, 0.15) is 52.2 Å². The summed E-state index contributed by atoms with van der Waals surface area (Å²) in [5.41, 5.74) is 21.1. The van der Waals surface area contributed by atoms with E-state index in [1.807, 2.05) is 227 Å². The molecule has 0 heterocycles. The van der Waals surface area contributed by atoms with Crippen molar-refractivity contribution in [3.8, 4) is 28.7 Å². The van der Waals surface area contributed by atoms with Gasteiger partial charge >= 0.3 is 0 Å². The van der Waals surface area contributed by atoms with E-state index in [9.17, 15) is 46.8 Å². The smallest absolute Gasteiger partial charge is 0.164 e. The Morgan fingerprint density at radius 1 is 0.221 bits per heavy atom. The SMILES string of the molecule is Cc1cc(O)cc(/C=C/c2ccc(O)cc2)c1.Cc1ccc(CO)c(/C=C/c2ccc(F)cc2)c1.Cc1ccc(F)c(/C=C/c2ccccc2F)c1.Cc1cccc(/C=C/c2ccc(CO)cc2)c1.Fc1cccc(F)c1/C=C/c1ccccc1.OCc1ccc(/C=C/c2cccc(O)c2O)cc1.OCc1ccc(/C=C/c2ccccc2Cl)cc1.Oc1ccc(/C=C/c2ccccc2F)cc1. The molecule has 0 aliphatic carbocycles. The Labute approximate surface area is 796 Å². The molecule has 136 heavy (non-hydrogen) atoms. The maximum atomic E-state index is 13.4. The van der Waals surface area contributed by atoms with Gasteiger partial charge in [0.25, 0.3) is 0 Å². The molecular weight excluding hydrogens is 1730 g/mol. The van der Waals surface area contributed by atoms with Crippen molar-refractivity contribution in [2.75, 3.05) is 0 Å². The van der Waals surface area contributed by atoms with Crippen LogP contribution >= 0.6 is 11.6 Å². The van der Waals surface area contributed by atoms with Gasteiger partial charge in [-0.25, -0.2) is 26.3 Å². The monoisotopic (exact) mass is 1840 g/mol. The van der Waals surface area contributed by atoms with Crippen LogP contribution in [0.5, 0.6) is 28.7 Å². The molecule has 0 aliphatic heterocycles. The number of hydrogen-bond acceptors (Lipinski definition) is 9. The van der Waals surface area contributed by atoms with Gasteiger partial charge in [0.2, 0.25) is 0 Å². The number of halogens is 7. The molecule has 0 radical (unpaired) electrons. The van der Waals surface area contributed by atoms with Crippen molar-refractivity contribution >= 4 is 109 Å². The van der Waals surface area contributed by atoms with Crippen LogP contribution in [-0.4, -0.2) is 46.0 Å². The summed E-state index contributed by atoms with van der Waals surface area (Å²) in [6, 6.07) is 106. The fourth-order valence-electron chi connectivity index (χ4n) is 12.6. The number of benzene rings is 16. The van der Waals surface area contributed by atoms with Gasteiger partial charge in [-0.15, -0.1) is 0 Å². The molecule has 0 spiro atoms. The van der Waals surface area contributed by atoms with E-state index in [4.69, 9.17) is 37.1 Å². The van der Waals surface area contributed by atoms with Crippen LogP contribution in [0.1, 0.15) is 134 Å². The van der Waals surface area contributed by atoms with Crippen molar-refractivity contribution in [2.45, 2.75) is 54.1 Å². The zero-order valence-corrected chi connectivity index (χ0v) is 76.1. The minimum atomic E-state index is -0.549. The highest BCUT2D eigenvalue weighted by molar-refractivity contribution is 6.32. The topological polar surface area (TPSA) is 182 Å². The standard InChI is InChI=1S/C16H15FO.C16H16O.C15H13ClO.C15H12F2.C15H14O3.C15H14O2.C14H10F2.C14H11FO/c1-12-2-6-15(11-18)14(10-12)7-3-13-4-8-16(17)9-5-13;1-13-3-2-4-15(11-13)8-5-14-6-9-16(12-17)10-7-14;16-15-4-2-1-3-14(15)10-9-12-5-7-13(11-17)8-6-12;1-11-6-9-15(17)13(10-11)8-7-12-4-2-3-5-14(12)16;16-10-12-6-4-11(5-7-12)8-9-13-2-1-3-14(17)15(13)18;1-11-8-13(10-15(17)9-11)3-2-12-4-6-14(16)7-5-12;15-13-7-4-8-14(16)12(13)10-9-11-5-2-1-3-6-11;15-14-4-2-1-3-12(14)8-5-11-6-9-13(16)10-7-11/h2-10,18H,11H2,1H3;2-11,17H,12H2,1H3;1-10,17H,11H2;2-10H,1H3;1-9,16-18H,10H2;2-10,16-17H,1H3;1-10H;1-10,16H/b7-3+;8-5+;10-9+;8-7+;9-8+;3-2+;10-9+;8-5+. The summed E-state index contributed by atoms with van der Waals surface area (Å²) in [6.07, 6.45) is 29.2. The van der Waals surface area contributed by atoms with Crippen LogP contribution in [0.4, 0.5) is 26.3 Å². The first kappa shape index (κ1) is 104. The van der Waals surface area contributed by atoms with E-state index in [-0.39, 0.29) is 84.0 Å². The van der Waals surface area contributed by atoms with Crippen LogP contribution in [0, 0.1) is 62.6 Å². The molecular formula is C120H105ClF6O9. The second-order valence-corrected chi connectivity index (χ2v) is 31.2. The van der Waals surface area contributed by atoms with Crippen LogP contribution in [-0.2, 0) is 26.4 Å². The van der Waals surface area contributed by atoms with E-state index >= 15 is 0 Å². The van der Waals surface area contributed by atoms with E-state index in [1.54, 1.807) is 158 Å². The quantitative estimate of drug-likeness (QED) is 0.0204. The van der Waals surface area contributed by atoms with Gasteiger partial charge in [-0.1, -0.05) is 386 Å². The Morgan fingerprint density at radius 2 is 0.559 bits per heavy atom. The number of aliphatic hydroxyl groups is 4. The lowest BCUT2D eigenvalue weighted by atomic mass is 10.0. The molecule has 9 nitrogen and oxygen atoms in total. The Morgan fingerprint density at radius 3 is 1.04 bits per heavy atom. The highest BCUT2D eigenvalue weighted by Crippen LogP contribution is 2.31. The van der Waals surface area contributed by atoms with E-state index in [1.165, 1.54) is 71.8 Å². The fraction of sp³-hybridized carbons (Fsp3) is 0.0667. The molecule has 0 aliphatic rings. The zero-order chi connectivity index (χ0) is 97.4. The molecule has 0 saturated heterocycles. The molecule has 0 saturated carbocycles. The summed E-state index contributed by atoms with van der Waals surface area (Å²) in [7, 11) is 0. The molecule has 0 bridgehead atoms. The second-order valence-electron chi connectivity index (χ2n) is 30.8. The lowest BCUT2D eigenvalue weighted by molar-refractivity contribution is 0.281. The molecule has 0 aromatic heterocycles. The van der Waals surface area contributed by atoms with E-state index < -0.39 is 11.6 Å². The van der Waals surface area contributed by atoms with E-state index in [2.05, 4.69) is 43.3 Å². The molecule has 16 aromatic carbocycles. The number of para-hydroxylation sites is 1. The Kier molecular flexibility index (Phi) is 42.9. The Bertz CT molecular complexity index is 6630. The van der Waals surface area contributed by atoms with Crippen molar-refractivity contribution in [1.29, 1.82) is 0 Å². The summed E-state index contributed by atoms with van der Waals surface area (Å²) < 4.78 is 79.3. The largest absolute Gasteiger partial charge is 0.508 e. The molecule has 16 aromatic rings. The summed E-state index contributed by atoms with van der Waals surface area (Å²) >= 11 is 6.05. The highest BCUT2D eigenvalue weighted by atomic mass is 35.5. The first-order valence-corrected chi connectivity index (χ1v) is 43.6. The molecule has 9 N–H and O–H groups in total. The molecule has 0 atom stereocenters. The van der Waals surface area contributed by atoms with Crippen molar-refractivity contribution < 1.29 is 72.3 Å². The number of aryl methyl sites for hydroxylation is 4. The second kappa shape index (κ2) is 56.1. The number of aliphatic hydroxyl groups excluding tert-OH is 4. The molecule has 16 heteroatoms. The predicted octanol–water partition coefficient (Wildman–Crippen LogP) is 30.1. The van der Waals surface area contributed by atoms with Crippen LogP contribution in [0.25, 0.3) is 97.2 Å². The van der Waals surface area contributed by atoms with Crippen molar-refractivity contribution in [1.82, 2.24) is 0 Å². The van der Waals surface area contributed by atoms with Crippen LogP contribution in [0.3, 0.4) is 0 Å². The Hall–Kier alpha value is -15.9. The normalized spacial score (nSPS) is 10.9. The molecule has 688 valence electrons. The molecule has 16 rings (SSSR count). The van der Waals surface area contributed by atoms with Gasteiger partial charge in [0, 0.05) is 32.8 Å². The van der Waals surface area contributed by atoms with Crippen LogP contribution in [0.2, 0.25) is 5.02 Å². The highest BCUT2D eigenvalue weighted by Gasteiger charge is 2.08. The minimum Gasteiger partial charge on any atom is -0.508 e. The predicted molar refractivity (Wildman–Crippen MR) is 550 cm³/mol. The molecule has 0 fully saturated rings. The summed E-state index contributed by atoms with van der Waals surface area (Å²) in [4.78, 5) is 0. The first-order chi connectivity index (χ1) is 65.8. The van der Waals surface area contributed by atoms with Gasteiger partial charge < -0.3 is 46.0 Å². The summed E-state index contributed by atoms with van der Waals surface area (Å²) in [5, 5.41) is 83.5. The lowest BCUT2D eigenvalue weighted by Gasteiger charge is -2.04. The van der Waals surface area contributed by atoms with Gasteiger partial charge in [0.05, 0.1) is 26.4 Å². The van der Waals surface area contributed by atoms with Crippen molar-refractivity contribution in [3.05, 3.63) is 537 Å². The van der Waals surface area contributed by atoms with Crippen molar-refractivity contribution in [3.63, 3.8) is 0 Å². The number of phenolic OH excluding ortho intramolecular Hbond substituents is 5. The number of rotatable bonds is 20. The summed E-state index contributed by atoms with van der Waals surface area (Å²) in [6.45, 7) is 8.15. The molecule has 0 amide bonds. The maximum Gasteiger partial charge on any atom is 0.164 e. The Balaban J connectivity index is 0.000000174. The first-order valence-electron chi connectivity index (χ1n) is 43.2. The van der Waals surface area contributed by atoms with Gasteiger partial charge in [-0.3, -0.25) is 0 Å². The minimum absolute atomic E-state index is 0.00801. The van der Waals surface area contributed by atoms with Gasteiger partial charge in [-0.2, -0.15) is 0 Å². The lowest BCUT2D eigenvalue weighted by Crippen LogP contribution is -1.89. The zero-order valence-electron chi connectivity index (χ0n) is 75.4. The molecule has 0 unspecified atom stereocenters. The van der Waals surface area contributed by atoms with Crippen LogP contribution < -0.4 is 0 Å².